The summed E-state index contributed by atoms with van der Waals surface area (Å²) < 4.78 is 0. The molecular formula is C17H28N2. The highest BCUT2D eigenvalue weighted by Crippen LogP contribution is 2.32. The van der Waals surface area contributed by atoms with Gasteiger partial charge in [-0.1, -0.05) is 45.9 Å². The third kappa shape index (κ3) is 3.73. The van der Waals surface area contributed by atoms with Gasteiger partial charge in [-0.05, 0) is 42.5 Å². The summed E-state index contributed by atoms with van der Waals surface area (Å²) in [4.78, 5) is 2.59. The van der Waals surface area contributed by atoms with Crippen molar-refractivity contribution in [2.45, 2.75) is 39.5 Å². The van der Waals surface area contributed by atoms with Crippen molar-refractivity contribution < 1.29 is 0 Å². The number of nitrogens with zero attached hydrogens (tertiary/aromatic N) is 1. The molecule has 0 spiro atoms. The molecular weight excluding hydrogens is 232 g/mol. The lowest BCUT2D eigenvalue weighted by molar-refractivity contribution is 0.465. The van der Waals surface area contributed by atoms with Crippen LogP contribution in [0.2, 0.25) is 0 Å². The molecule has 1 saturated heterocycles. The number of benzene rings is 1. The van der Waals surface area contributed by atoms with E-state index in [0.29, 0.717) is 5.92 Å². The zero-order chi connectivity index (χ0) is 13.9. The lowest BCUT2D eigenvalue weighted by atomic mass is 9.85. The molecule has 1 aliphatic rings. The van der Waals surface area contributed by atoms with E-state index in [1.807, 2.05) is 0 Å². The molecule has 2 nitrogen and oxygen atoms in total. The molecule has 0 saturated carbocycles. The normalized spacial score (nSPS) is 21.9. The van der Waals surface area contributed by atoms with Crippen LogP contribution in [0, 0.1) is 5.92 Å². The monoisotopic (exact) mass is 260 g/mol. The van der Waals surface area contributed by atoms with Gasteiger partial charge in [-0.3, -0.25) is 0 Å². The second kappa shape index (κ2) is 5.96. The Balaban J connectivity index is 2.28. The predicted molar refractivity (Wildman–Crippen MR) is 84.0 cm³/mol. The van der Waals surface area contributed by atoms with Crippen LogP contribution in [0.3, 0.4) is 0 Å². The van der Waals surface area contributed by atoms with Gasteiger partial charge in [-0.25, -0.2) is 0 Å². The molecule has 0 amide bonds. The maximum Gasteiger partial charge on any atom is 0.0404 e. The second-order valence-electron chi connectivity index (χ2n) is 6.88. The Morgan fingerprint density at radius 2 is 1.95 bits per heavy atom. The average molecular weight is 260 g/mol. The first kappa shape index (κ1) is 14.4. The fourth-order valence-corrected chi connectivity index (χ4v) is 2.88. The molecule has 1 aromatic rings. The second-order valence-corrected chi connectivity index (χ2v) is 6.88. The van der Waals surface area contributed by atoms with E-state index in [0.717, 1.165) is 26.2 Å². The van der Waals surface area contributed by atoms with Crippen molar-refractivity contribution in [3.05, 3.63) is 29.8 Å². The van der Waals surface area contributed by atoms with E-state index in [1.165, 1.54) is 17.7 Å². The molecule has 1 fully saturated rings. The summed E-state index contributed by atoms with van der Waals surface area (Å²) in [6.45, 7) is 13.8. The highest BCUT2D eigenvalue weighted by atomic mass is 15.1. The standard InChI is InChI=1S/C17H28N2/c1-14-12-18-10-7-11-19(13-14)16-9-6-5-8-15(16)17(2,3)4/h5-6,8-9,14,18H,7,10-13H2,1-4H3. The minimum absolute atomic E-state index is 0.209. The zero-order valence-corrected chi connectivity index (χ0v) is 12.9. The van der Waals surface area contributed by atoms with Crippen LogP contribution in [-0.2, 0) is 5.41 Å². The van der Waals surface area contributed by atoms with Gasteiger partial charge in [0.2, 0.25) is 0 Å². The number of rotatable bonds is 1. The van der Waals surface area contributed by atoms with Crippen LogP contribution in [-0.4, -0.2) is 26.2 Å². The van der Waals surface area contributed by atoms with Gasteiger partial charge in [0, 0.05) is 18.8 Å². The first-order valence-electron chi connectivity index (χ1n) is 7.53. The fraction of sp³-hybridized carbons (Fsp3) is 0.647. The zero-order valence-electron chi connectivity index (χ0n) is 12.9. The molecule has 1 atom stereocenters. The summed E-state index contributed by atoms with van der Waals surface area (Å²) in [7, 11) is 0. The van der Waals surface area contributed by atoms with Crippen LogP contribution in [0.25, 0.3) is 0 Å². The third-order valence-corrected chi connectivity index (χ3v) is 3.86. The Morgan fingerprint density at radius 3 is 2.68 bits per heavy atom. The van der Waals surface area contributed by atoms with Gasteiger partial charge in [0.25, 0.3) is 0 Å². The number of para-hydroxylation sites is 1. The van der Waals surface area contributed by atoms with E-state index in [2.05, 4.69) is 62.2 Å². The summed E-state index contributed by atoms with van der Waals surface area (Å²) in [6.07, 6.45) is 1.23. The molecule has 19 heavy (non-hydrogen) atoms. The van der Waals surface area contributed by atoms with Crippen LogP contribution >= 0.6 is 0 Å². The maximum atomic E-state index is 3.53. The molecule has 106 valence electrons. The van der Waals surface area contributed by atoms with Crippen LogP contribution in [0.5, 0.6) is 0 Å². The SMILES string of the molecule is CC1CNCCCN(c2ccccc2C(C)(C)C)C1. The Labute approximate surface area is 118 Å². The third-order valence-electron chi connectivity index (χ3n) is 3.86. The molecule has 1 aliphatic heterocycles. The molecule has 2 rings (SSSR count). The lowest BCUT2D eigenvalue weighted by Gasteiger charge is -2.34. The number of anilines is 1. The van der Waals surface area contributed by atoms with Gasteiger partial charge in [0.15, 0.2) is 0 Å². The van der Waals surface area contributed by atoms with Crippen LogP contribution in [0.1, 0.15) is 39.7 Å². The quantitative estimate of drug-likeness (QED) is 0.832. The van der Waals surface area contributed by atoms with Crippen molar-refractivity contribution in [1.82, 2.24) is 5.32 Å². The molecule has 0 aromatic heterocycles. The van der Waals surface area contributed by atoms with Gasteiger partial charge >= 0.3 is 0 Å². The van der Waals surface area contributed by atoms with E-state index in [9.17, 15) is 0 Å². The fourth-order valence-electron chi connectivity index (χ4n) is 2.88. The minimum atomic E-state index is 0.209. The summed E-state index contributed by atoms with van der Waals surface area (Å²) in [6, 6.07) is 8.92. The van der Waals surface area contributed by atoms with Gasteiger partial charge in [-0.15, -0.1) is 0 Å². The molecule has 0 aliphatic carbocycles. The Kier molecular flexibility index (Phi) is 4.51. The highest BCUT2D eigenvalue weighted by Gasteiger charge is 2.22. The van der Waals surface area contributed by atoms with Gasteiger partial charge in [0.05, 0.1) is 0 Å². The highest BCUT2D eigenvalue weighted by molar-refractivity contribution is 5.56. The van der Waals surface area contributed by atoms with Crippen LogP contribution in [0.15, 0.2) is 24.3 Å². The Morgan fingerprint density at radius 1 is 1.21 bits per heavy atom. The predicted octanol–water partition coefficient (Wildman–Crippen LogP) is 3.42. The molecule has 0 radical (unpaired) electrons. The largest absolute Gasteiger partial charge is 0.371 e. The van der Waals surface area contributed by atoms with E-state index in [-0.39, 0.29) is 5.41 Å². The molecule has 1 aromatic carbocycles. The topological polar surface area (TPSA) is 15.3 Å². The van der Waals surface area contributed by atoms with Gasteiger partial charge in [0.1, 0.15) is 0 Å². The summed E-state index contributed by atoms with van der Waals surface area (Å²) in [5.41, 5.74) is 3.11. The van der Waals surface area contributed by atoms with Crippen molar-refractivity contribution in [1.29, 1.82) is 0 Å². The van der Waals surface area contributed by atoms with Gasteiger partial charge in [-0.2, -0.15) is 0 Å². The summed E-state index contributed by atoms with van der Waals surface area (Å²) in [5, 5.41) is 3.53. The molecule has 0 bridgehead atoms. The smallest absolute Gasteiger partial charge is 0.0404 e. The van der Waals surface area contributed by atoms with Crippen LogP contribution < -0.4 is 10.2 Å². The molecule has 1 heterocycles. The molecule has 2 heteroatoms. The number of nitrogens with one attached hydrogen (secondary N) is 1. The summed E-state index contributed by atoms with van der Waals surface area (Å²) in [5.74, 6) is 0.702. The van der Waals surface area contributed by atoms with Crippen molar-refractivity contribution >= 4 is 5.69 Å². The Bertz CT molecular complexity index is 406. The average Bonchev–Trinajstić information content (AvgIpc) is 2.32. The van der Waals surface area contributed by atoms with E-state index >= 15 is 0 Å². The van der Waals surface area contributed by atoms with E-state index in [4.69, 9.17) is 0 Å². The Hall–Kier alpha value is -1.02. The number of hydrogen-bond acceptors (Lipinski definition) is 2. The minimum Gasteiger partial charge on any atom is -0.371 e. The maximum absolute atomic E-state index is 3.53. The number of hydrogen-bond donors (Lipinski definition) is 1. The lowest BCUT2D eigenvalue weighted by Crippen LogP contribution is -2.39. The first-order chi connectivity index (χ1) is 8.98. The molecule has 1 N–H and O–H groups in total. The van der Waals surface area contributed by atoms with Crippen molar-refractivity contribution in [3.8, 4) is 0 Å². The molecule has 1 unspecified atom stereocenters. The van der Waals surface area contributed by atoms with Crippen molar-refractivity contribution in [3.63, 3.8) is 0 Å². The van der Waals surface area contributed by atoms with E-state index in [1.54, 1.807) is 0 Å². The van der Waals surface area contributed by atoms with Gasteiger partial charge < -0.3 is 10.2 Å². The van der Waals surface area contributed by atoms with Crippen molar-refractivity contribution in [2.24, 2.45) is 5.92 Å². The first-order valence-corrected chi connectivity index (χ1v) is 7.53. The summed E-state index contributed by atoms with van der Waals surface area (Å²) >= 11 is 0. The van der Waals surface area contributed by atoms with Crippen molar-refractivity contribution in [2.75, 3.05) is 31.1 Å². The van der Waals surface area contributed by atoms with E-state index < -0.39 is 0 Å². The van der Waals surface area contributed by atoms with Crippen LogP contribution in [0.4, 0.5) is 5.69 Å².